The van der Waals surface area contributed by atoms with Gasteiger partial charge in [0.25, 0.3) is 0 Å². The Hall–Kier alpha value is -3.39. The van der Waals surface area contributed by atoms with Gasteiger partial charge in [-0.05, 0) is 55.1 Å². The number of benzene rings is 5. The van der Waals surface area contributed by atoms with Crippen molar-refractivity contribution in [1.29, 1.82) is 0 Å². The lowest BCUT2D eigenvalue weighted by Crippen LogP contribution is -2.72. The van der Waals surface area contributed by atoms with E-state index in [1.165, 1.54) is 37.4 Å². The Morgan fingerprint density at radius 3 is 1.72 bits per heavy atom. The molecule has 152 valence electrons. The smallest absolute Gasteiger partial charge is 0.0843 e. The van der Waals surface area contributed by atoms with E-state index in [0.29, 0.717) is 0 Å². The van der Waals surface area contributed by atoms with Gasteiger partial charge in [-0.3, -0.25) is 0 Å². The van der Waals surface area contributed by atoms with E-state index in [2.05, 4.69) is 115 Å². The van der Waals surface area contributed by atoms with Crippen molar-refractivity contribution < 1.29 is 0 Å². The molecule has 1 aliphatic heterocycles. The van der Waals surface area contributed by atoms with Crippen LogP contribution < -0.4 is 20.7 Å². The molecule has 6 rings (SSSR count). The molecule has 0 amide bonds. The summed E-state index contributed by atoms with van der Waals surface area (Å²) in [5, 5.41) is 6.51. The molecule has 0 aliphatic carbocycles. The number of fused-ring (bicyclic) bond motifs is 3. The zero-order chi connectivity index (χ0) is 21.5. The van der Waals surface area contributed by atoms with Crippen molar-refractivity contribution in [2.24, 2.45) is 0 Å². The highest BCUT2D eigenvalue weighted by Crippen LogP contribution is 2.37. The third kappa shape index (κ3) is 2.75. The summed E-state index contributed by atoms with van der Waals surface area (Å²) in [5.41, 5.74) is 5.11. The zero-order valence-electron chi connectivity index (χ0n) is 17.5. The molecule has 0 saturated heterocycles. The first-order valence-corrected chi connectivity index (χ1v) is 13.3. The van der Waals surface area contributed by atoms with Crippen molar-refractivity contribution in [1.82, 2.24) is 0 Å². The number of rotatable bonds is 3. The Kier molecular flexibility index (Phi) is 4.60. The van der Waals surface area contributed by atoms with Crippen molar-refractivity contribution in [2.45, 2.75) is 0 Å². The lowest BCUT2D eigenvalue weighted by molar-refractivity contribution is 1.62. The SMILES string of the molecule is Clc1cccc(-c2cccc3c2-c2ccccc2[Si]3(c2ccccc2)c2ccccc2)c1. The van der Waals surface area contributed by atoms with Crippen LogP contribution in [0.15, 0.2) is 127 Å². The first-order chi connectivity index (χ1) is 15.8. The van der Waals surface area contributed by atoms with Crippen molar-refractivity contribution >= 4 is 40.4 Å². The van der Waals surface area contributed by atoms with Gasteiger partial charge in [0.1, 0.15) is 0 Å². The van der Waals surface area contributed by atoms with Crippen LogP contribution in [0, 0.1) is 0 Å². The van der Waals surface area contributed by atoms with E-state index in [1.54, 1.807) is 0 Å². The molecule has 5 aromatic carbocycles. The first-order valence-electron chi connectivity index (χ1n) is 10.9. The van der Waals surface area contributed by atoms with Crippen molar-refractivity contribution in [3.05, 3.63) is 132 Å². The molecule has 0 spiro atoms. The third-order valence-corrected chi connectivity index (χ3v) is 11.7. The van der Waals surface area contributed by atoms with E-state index in [-0.39, 0.29) is 0 Å². The van der Waals surface area contributed by atoms with Crippen LogP contribution in [0.1, 0.15) is 0 Å². The van der Waals surface area contributed by atoms with Gasteiger partial charge in [0.15, 0.2) is 8.07 Å². The highest BCUT2D eigenvalue weighted by Gasteiger charge is 2.49. The highest BCUT2D eigenvalue weighted by atomic mass is 35.5. The third-order valence-electron chi connectivity index (χ3n) is 6.62. The van der Waals surface area contributed by atoms with Crippen LogP contribution >= 0.6 is 11.6 Å². The monoisotopic (exact) mass is 444 g/mol. The molecular weight excluding hydrogens is 424 g/mol. The summed E-state index contributed by atoms with van der Waals surface area (Å²) >= 11 is 6.40. The second-order valence-electron chi connectivity index (χ2n) is 8.27. The van der Waals surface area contributed by atoms with E-state index in [9.17, 15) is 0 Å². The van der Waals surface area contributed by atoms with Gasteiger partial charge in [-0.15, -0.1) is 0 Å². The fourth-order valence-electron chi connectivity index (χ4n) is 5.39. The molecule has 0 nitrogen and oxygen atoms in total. The predicted molar refractivity (Wildman–Crippen MR) is 139 cm³/mol. The molecule has 0 saturated carbocycles. The van der Waals surface area contributed by atoms with Crippen molar-refractivity contribution in [2.75, 3.05) is 0 Å². The predicted octanol–water partition coefficient (Wildman–Crippen LogP) is 5.36. The van der Waals surface area contributed by atoms with Crippen LogP contribution in [0.5, 0.6) is 0 Å². The maximum absolute atomic E-state index is 6.40. The van der Waals surface area contributed by atoms with E-state index in [0.717, 1.165) is 10.6 Å². The molecule has 1 aliphatic rings. The van der Waals surface area contributed by atoms with Gasteiger partial charge in [0.2, 0.25) is 0 Å². The average Bonchev–Trinajstić information content (AvgIpc) is 3.16. The molecule has 0 bridgehead atoms. The van der Waals surface area contributed by atoms with Crippen LogP contribution in [-0.4, -0.2) is 8.07 Å². The maximum atomic E-state index is 6.40. The lowest BCUT2D eigenvalue weighted by atomic mass is 9.95. The van der Waals surface area contributed by atoms with E-state index in [4.69, 9.17) is 11.6 Å². The quantitative estimate of drug-likeness (QED) is 0.322. The Labute approximate surface area is 194 Å². The molecule has 0 unspecified atom stereocenters. The molecule has 0 atom stereocenters. The van der Waals surface area contributed by atoms with Crippen LogP contribution in [-0.2, 0) is 0 Å². The normalized spacial score (nSPS) is 13.4. The maximum Gasteiger partial charge on any atom is 0.180 e. The Bertz CT molecular complexity index is 1380. The standard InChI is InChI=1S/C30H21ClSi/c31-23-12-9-11-22(21-23)26-18-10-20-29-30(26)27-17-7-8-19-28(27)32(29,24-13-3-1-4-14-24)25-15-5-2-6-16-25/h1-21H. The minimum absolute atomic E-state index is 0.765. The van der Waals surface area contributed by atoms with Gasteiger partial charge in [-0.1, -0.05) is 127 Å². The molecule has 0 radical (unpaired) electrons. The summed E-state index contributed by atoms with van der Waals surface area (Å²) in [6, 6.07) is 46.2. The average molecular weight is 445 g/mol. The molecule has 2 heteroatoms. The number of halogens is 1. The Morgan fingerprint density at radius 2 is 1.03 bits per heavy atom. The van der Waals surface area contributed by atoms with Crippen LogP contribution in [0.4, 0.5) is 0 Å². The summed E-state index contributed by atoms with van der Waals surface area (Å²) in [6.07, 6.45) is 0. The molecule has 0 N–H and O–H groups in total. The molecular formula is C30H21ClSi. The van der Waals surface area contributed by atoms with Crippen LogP contribution in [0.25, 0.3) is 22.3 Å². The van der Waals surface area contributed by atoms with E-state index in [1.807, 2.05) is 12.1 Å². The molecule has 0 fully saturated rings. The number of hydrogen-bond acceptors (Lipinski definition) is 0. The minimum atomic E-state index is -2.44. The Morgan fingerprint density at radius 1 is 0.469 bits per heavy atom. The van der Waals surface area contributed by atoms with Gasteiger partial charge in [-0.25, -0.2) is 0 Å². The zero-order valence-corrected chi connectivity index (χ0v) is 19.3. The lowest BCUT2D eigenvalue weighted by Gasteiger charge is -2.31. The summed E-state index contributed by atoms with van der Waals surface area (Å²) < 4.78 is 0. The second-order valence-corrected chi connectivity index (χ2v) is 12.4. The first kappa shape index (κ1) is 19.3. The van der Waals surface area contributed by atoms with Gasteiger partial charge in [0.05, 0.1) is 0 Å². The van der Waals surface area contributed by atoms with Crippen LogP contribution in [0.3, 0.4) is 0 Å². The molecule has 1 heterocycles. The second kappa shape index (κ2) is 7.63. The minimum Gasteiger partial charge on any atom is -0.0843 e. The van der Waals surface area contributed by atoms with Gasteiger partial charge < -0.3 is 0 Å². The highest BCUT2D eigenvalue weighted by molar-refractivity contribution is 7.22. The van der Waals surface area contributed by atoms with E-state index >= 15 is 0 Å². The number of hydrogen-bond donors (Lipinski definition) is 0. The largest absolute Gasteiger partial charge is 0.180 e. The fraction of sp³-hybridized carbons (Fsp3) is 0. The topological polar surface area (TPSA) is 0 Å². The van der Waals surface area contributed by atoms with Gasteiger partial charge in [0, 0.05) is 5.02 Å². The van der Waals surface area contributed by atoms with Gasteiger partial charge in [-0.2, -0.15) is 0 Å². The molecule has 0 aromatic heterocycles. The van der Waals surface area contributed by atoms with E-state index < -0.39 is 8.07 Å². The van der Waals surface area contributed by atoms with Crippen molar-refractivity contribution in [3.8, 4) is 22.3 Å². The Balaban J connectivity index is 1.78. The summed E-state index contributed by atoms with van der Waals surface area (Å²) in [7, 11) is -2.44. The summed E-state index contributed by atoms with van der Waals surface area (Å²) in [5.74, 6) is 0. The van der Waals surface area contributed by atoms with Crippen LogP contribution in [0.2, 0.25) is 5.02 Å². The summed E-state index contributed by atoms with van der Waals surface area (Å²) in [6.45, 7) is 0. The molecule has 5 aromatic rings. The fourth-order valence-corrected chi connectivity index (χ4v) is 10.8. The van der Waals surface area contributed by atoms with Gasteiger partial charge >= 0.3 is 0 Å². The summed E-state index contributed by atoms with van der Waals surface area (Å²) in [4.78, 5) is 0. The van der Waals surface area contributed by atoms with Crippen molar-refractivity contribution in [3.63, 3.8) is 0 Å². The molecule has 32 heavy (non-hydrogen) atoms.